The number of amides is 1. The maximum Gasteiger partial charge on any atom is 0.404 e. The highest BCUT2D eigenvalue weighted by molar-refractivity contribution is 5.88. The van der Waals surface area contributed by atoms with Crippen LogP contribution >= 0.6 is 0 Å². The summed E-state index contributed by atoms with van der Waals surface area (Å²) in [6.45, 7) is 0.402. The monoisotopic (exact) mass is 281 g/mol. The van der Waals surface area contributed by atoms with Crippen molar-refractivity contribution in [3.63, 3.8) is 0 Å². The molecule has 2 aromatic heterocycles. The van der Waals surface area contributed by atoms with Gasteiger partial charge in [0.25, 0.3) is 0 Å². The van der Waals surface area contributed by atoms with Gasteiger partial charge in [-0.2, -0.15) is 0 Å². The molecular weight excluding hydrogens is 266 g/mol. The van der Waals surface area contributed by atoms with Gasteiger partial charge in [-0.05, 0) is 35.7 Å². The summed E-state index contributed by atoms with van der Waals surface area (Å²) in [7, 11) is 0. The van der Waals surface area contributed by atoms with Crippen molar-refractivity contribution in [3.8, 4) is 11.1 Å². The van der Waals surface area contributed by atoms with Crippen molar-refractivity contribution in [2.75, 3.05) is 6.54 Å². The Labute approximate surface area is 121 Å². The molecule has 0 spiro atoms. The first-order valence-electron chi connectivity index (χ1n) is 6.71. The zero-order chi connectivity index (χ0) is 14.7. The van der Waals surface area contributed by atoms with Crippen LogP contribution in [0.25, 0.3) is 22.0 Å². The number of aromatic nitrogens is 2. The summed E-state index contributed by atoms with van der Waals surface area (Å²) >= 11 is 0. The molecule has 3 aromatic rings. The van der Waals surface area contributed by atoms with E-state index in [-0.39, 0.29) is 0 Å². The molecule has 0 atom stereocenters. The molecule has 0 unspecified atom stereocenters. The van der Waals surface area contributed by atoms with Crippen LogP contribution in [0.5, 0.6) is 0 Å². The van der Waals surface area contributed by atoms with E-state index in [9.17, 15) is 4.79 Å². The van der Waals surface area contributed by atoms with Gasteiger partial charge >= 0.3 is 6.09 Å². The number of fused-ring (bicyclic) bond motifs is 1. The average molecular weight is 281 g/mol. The largest absolute Gasteiger partial charge is 0.465 e. The molecule has 5 nitrogen and oxygen atoms in total. The normalized spacial score (nSPS) is 10.7. The number of carboxylic acid groups (broad SMARTS) is 1. The Kier molecular flexibility index (Phi) is 3.55. The summed E-state index contributed by atoms with van der Waals surface area (Å²) in [5, 5.41) is 12.1. The molecule has 0 aliphatic carbocycles. The molecule has 2 heterocycles. The Morgan fingerprint density at radius 3 is 2.95 bits per heavy atom. The third kappa shape index (κ3) is 2.86. The molecule has 3 N–H and O–H groups in total. The second kappa shape index (κ2) is 5.66. The van der Waals surface area contributed by atoms with Gasteiger partial charge in [0.2, 0.25) is 0 Å². The number of hydrogen-bond acceptors (Lipinski definition) is 2. The molecule has 106 valence electrons. The summed E-state index contributed by atoms with van der Waals surface area (Å²) in [5.41, 5.74) is 4.32. The number of rotatable bonds is 4. The molecule has 1 aromatic carbocycles. The van der Waals surface area contributed by atoms with Gasteiger partial charge in [-0.15, -0.1) is 0 Å². The second-order valence-electron chi connectivity index (χ2n) is 4.80. The highest BCUT2D eigenvalue weighted by Gasteiger charge is 2.06. The van der Waals surface area contributed by atoms with Crippen molar-refractivity contribution in [1.82, 2.24) is 15.3 Å². The van der Waals surface area contributed by atoms with Crippen LogP contribution in [-0.2, 0) is 6.42 Å². The van der Waals surface area contributed by atoms with Gasteiger partial charge in [0, 0.05) is 41.6 Å². The molecule has 3 rings (SSSR count). The van der Waals surface area contributed by atoms with E-state index in [2.05, 4.69) is 27.4 Å². The van der Waals surface area contributed by atoms with Crippen LogP contribution in [0.15, 0.2) is 48.9 Å². The number of H-pyrrole nitrogens is 1. The van der Waals surface area contributed by atoms with Crippen molar-refractivity contribution < 1.29 is 9.90 Å². The number of pyridine rings is 1. The number of hydrogen-bond donors (Lipinski definition) is 3. The third-order valence-corrected chi connectivity index (χ3v) is 3.43. The van der Waals surface area contributed by atoms with Gasteiger partial charge in [0.05, 0.1) is 0 Å². The fraction of sp³-hybridized carbons (Fsp3) is 0.125. The van der Waals surface area contributed by atoms with Crippen molar-refractivity contribution >= 4 is 17.0 Å². The lowest BCUT2D eigenvalue weighted by Crippen LogP contribution is -2.23. The highest BCUT2D eigenvalue weighted by Crippen LogP contribution is 2.26. The van der Waals surface area contributed by atoms with Crippen LogP contribution in [0, 0.1) is 0 Å². The molecular formula is C16H15N3O2. The van der Waals surface area contributed by atoms with Gasteiger partial charge in [-0.3, -0.25) is 4.98 Å². The Morgan fingerprint density at radius 1 is 1.29 bits per heavy atom. The molecule has 0 fully saturated rings. The van der Waals surface area contributed by atoms with Crippen molar-refractivity contribution in [2.45, 2.75) is 6.42 Å². The summed E-state index contributed by atoms with van der Waals surface area (Å²) < 4.78 is 0. The standard InChI is InChI=1S/C16H15N3O2/c20-16(21)18-7-5-13-10-19-15-4-3-11(8-14(13)15)12-2-1-6-17-9-12/h1-4,6,8-10,18-19H,5,7H2,(H,20,21). The first-order chi connectivity index (χ1) is 10.2. The number of carbonyl (C=O) groups is 1. The Bertz CT molecular complexity index is 766. The molecule has 0 aliphatic heterocycles. The van der Waals surface area contributed by atoms with E-state index in [0.717, 1.165) is 27.6 Å². The van der Waals surface area contributed by atoms with Gasteiger partial charge in [-0.25, -0.2) is 4.79 Å². The van der Waals surface area contributed by atoms with Crippen LogP contribution in [0.4, 0.5) is 4.79 Å². The number of nitrogens with one attached hydrogen (secondary N) is 2. The van der Waals surface area contributed by atoms with Crippen molar-refractivity contribution in [2.24, 2.45) is 0 Å². The minimum absolute atomic E-state index is 0.402. The smallest absolute Gasteiger partial charge is 0.404 e. The summed E-state index contributed by atoms with van der Waals surface area (Å²) in [6.07, 6.45) is 5.18. The molecule has 0 saturated heterocycles. The van der Waals surface area contributed by atoms with E-state index in [0.29, 0.717) is 13.0 Å². The van der Waals surface area contributed by atoms with E-state index in [4.69, 9.17) is 5.11 Å². The van der Waals surface area contributed by atoms with Gasteiger partial charge < -0.3 is 15.4 Å². The molecule has 0 radical (unpaired) electrons. The molecule has 1 amide bonds. The Balaban J connectivity index is 1.91. The summed E-state index contributed by atoms with van der Waals surface area (Å²) in [6, 6.07) is 10.1. The van der Waals surface area contributed by atoms with Crippen LogP contribution < -0.4 is 5.32 Å². The lowest BCUT2D eigenvalue weighted by Gasteiger charge is -2.03. The summed E-state index contributed by atoms with van der Waals surface area (Å²) in [4.78, 5) is 17.9. The number of nitrogens with zero attached hydrogens (tertiary/aromatic N) is 1. The Morgan fingerprint density at radius 2 is 2.19 bits per heavy atom. The van der Waals surface area contributed by atoms with E-state index >= 15 is 0 Å². The zero-order valence-corrected chi connectivity index (χ0v) is 11.3. The minimum Gasteiger partial charge on any atom is -0.465 e. The predicted octanol–water partition coefficient (Wildman–Crippen LogP) is 3.04. The third-order valence-electron chi connectivity index (χ3n) is 3.43. The molecule has 0 saturated carbocycles. The van der Waals surface area contributed by atoms with E-state index < -0.39 is 6.09 Å². The van der Waals surface area contributed by atoms with Gasteiger partial charge in [0.15, 0.2) is 0 Å². The quantitative estimate of drug-likeness (QED) is 0.687. The van der Waals surface area contributed by atoms with Crippen LogP contribution in [0.1, 0.15) is 5.56 Å². The van der Waals surface area contributed by atoms with Crippen molar-refractivity contribution in [3.05, 3.63) is 54.5 Å². The van der Waals surface area contributed by atoms with Crippen LogP contribution in [0.3, 0.4) is 0 Å². The first-order valence-corrected chi connectivity index (χ1v) is 6.71. The SMILES string of the molecule is O=C(O)NCCc1c[nH]c2ccc(-c3cccnc3)cc12. The lowest BCUT2D eigenvalue weighted by atomic mass is 10.0. The highest BCUT2D eigenvalue weighted by atomic mass is 16.4. The lowest BCUT2D eigenvalue weighted by molar-refractivity contribution is 0.194. The fourth-order valence-electron chi connectivity index (χ4n) is 2.40. The molecule has 0 aliphatic rings. The average Bonchev–Trinajstić information content (AvgIpc) is 2.90. The van der Waals surface area contributed by atoms with Crippen molar-refractivity contribution in [1.29, 1.82) is 0 Å². The van der Waals surface area contributed by atoms with E-state index in [1.165, 1.54) is 0 Å². The van der Waals surface area contributed by atoms with Crippen LogP contribution in [-0.4, -0.2) is 27.7 Å². The minimum atomic E-state index is -0.995. The summed E-state index contributed by atoms with van der Waals surface area (Å²) in [5.74, 6) is 0. The van der Waals surface area contributed by atoms with Gasteiger partial charge in [0.1, 0.15) is 0 Å². The molecule has 0 bridgehead atoms. The number of benzene rings is 1. The maximum absolute atomic E-state index is 10.5. The van der Waals surface area contributed by atoms with E-state index in [1.54, 1.807) is 6.20 Å². The number of aromatic amines is 1. The second-order valence-corrected chi connectivity index (χ2v) is 4.80. The molecule has 21 heavy (non-hydrogen) atoms. The Hall–Kier alpha value is -2.82. The topological polar surface area (TPSA) is 78.0 Å². The van der Waals surface area contributed by atoms with E-state index in [1.807, 2.05) is 30.6 Å². The zero-order valence-electron chi connectivity index (χ0n) is 11.3. The fourth-order valence-corrected chi connectivity index (χ4v) is 2.40. The first kappa shape index (κ1) is 13.2. The van der Waals surface area contributed by atoms with Gasteiger partial charge in [-0.1, -0.05) is 12.1 Å². The van der Waals surface area contributed by atoms with Crippen LogP contribution in [0.2, 0.25) is 0 Å². The molecule has 5 heteroatoms. The maximum atomic E-state index is 10.5. The predicted molar refractivity (Wildman–Crippen MR) is 81.3 cm³/mol.